The van der Waals surface area contributed by atoms with E-state index >= 15 is 0 Å². The van der Waals surface area contributed by atoms with Crippen LogP contribution in [0.3, 0.4) is 0 Å². The van der Waals surface area contributed by atoms with Crippen LogP contribution in [0.15, 0.2) is 78.2 Å². The summed E-state index contributed by atoms with van der Waals surface area (Å²) in [4.78, 5) is 37.0. The fourth-order valence-electron chi connectivity index (χ4n) is 4.91. The van der Waals surface area contributed by atoms with E-state index in [2.05, 4.69) is 20.4 Å². The number of aromatic nitrogens is 3. The van der Waals surface area contributed by atoms with Crippen molar-refractivity contribution in [3.05, 3.63) is 101 Å². The Morgan fingerprint density at radius 2 is 1.88 bits per heavy atom. The van der Waals surface area contributed by atoms with E-state index in [0.717, 1.165) is 35.4 Å². The highest BCUT2D eigenvalue weighted by molar-refractivity contribution is 6.32. The van der Waals surface area contributed by atoms with Crippen LogP contribution in [-0.2, 0) is 4.74 Å². The van der Waals surface area contributed by atoms with Crippen molar-refractivity contribution >= 4 is 29.6 Å². The maximum atomic E-state index is 14.4. The number of carbonyl (C=O) groups excluding carboxylic acids is 2. The Labute approximate surface area is 283 Å². The molecule has 0 saturated heterocycles. The van der Waals surface area contributed by atoms with Gasteiger partial charge in [-0.25, -0.2) is 18.3 Å². The van der Waals surface area contributed by atoms with Gasteiger partial charge in [0.25, 0.3) is 5.91 Å². The first kappa shape index (κ1) is 34.5. The molecule has 2 aromatic carbocycles. The molecule has 4 aromatic rings. The zero-order chi connectivity index (χ0) is 34.6. The molecule has 10 nitrogen and oxygen atoms in total. The van der Waals surface area contributed by atoms with Crippen LogP contribution in [-0.4, -0.2) is 56.3 Å². The number of ether oxygens (including phenoxy) is 1. The lowest BCUT2D eigenvalue weighted by Crippen LogP contribution is -2.47. The molecule has 1 fully saturated rings. The van der Waals surface area contributed by atoms with Gasteiger partial charge in [-0.1, -0.05) is 44.5 Å². The Morgan fingerprint density at radius 3 is 2.52 bits per heavy atom. The number of benzene rings is 2. The normalized spacial score (nSPS) is 14.7. The predicted octanol–water partition coefficient (Wildman–Crippen LogP) is 7.08. The fourth-order valence-corrected chi connectivity index (χ4v) is 5.11. The summed E-state index contributed by atoms with van der Waals surface area (Å²) < 4.78 is 35.9. The van der Waals surface area contributed by atoms with Gasteiger partial charge >= 0.3 is 6.09 Å². The highest BCUT2D eigenvalue weighted by Crippen LogP contribution is 2.35. The monoisotopic (exact) mass is 677 g/mol. The number of nitrogens with zero attached hydrogens (tertiary/aromatic N) is 5. The smallest absolute Gasteiger partial charge is 0.407 e. The molecule has 0 radical (unpaired) electrons. The van der Waals surface area contributed by atoms with Crippen molar-refractivity contribution in [2.24, 2.45) is 16.1 Å². The summed E-state index contributed by atoms with van der Waals surface area (Å²) >= 11 is 6.66. The number of amides is 2. The number of guanidine groups is 1. The van der Waals surface area contributed by atoms with Gasteiger partial charge in [0.1, 0.15) is 18.2 Å². The van der Waals surface area contributed by atoms with Crippen LogP contribution in [0.5, 0.6) is 0 Å². The number of aliphatic imine (C=N–C) groups is 1. The van der Waals surface area contributed by atoms with Gasteiger partial charge in [-0.3, -0.25) is 19.7 Å². The molecule has 1 aliphatic carbocycles. The number of alkyl carbamates (subject to hydrolysis) is 1. The second-order valence-electron chi connectivity index (χ2n) is 13.3. The molecule has 1 atom stereocenters. The second kappa shape index (κ2) is 14.1. The van der Waals surface area contributed by atoms with E-state index in [1.54, 1.807) is 41.5 Å². The molecule has 0 spiro atoms. The van der Waals surface area contributed by atoms with Crippen LogP contribution >= 0.6 is 11.6 Å². The maximum Gasteiger partial charge on any atom is 0.407 e. The molecule has 2 aromatic heterocycles. The topological polar surface area (TPSA) is 128 Å². The second-order valence-corrected chi connectivity index (χ2v) is 13.7. The number of carbonyl (C=O) groups is 2. The van der Waals surface area contributed by atoms with Crippen molar-refractivity contribution in [3.8, 4) is 16.9 Å². The largest absolute Gasteiger partial charge is 0.447 e. The summed E-state index contributed by atoms with van der Waals surface area (Å²) in [6.07, 6.45) is 6.63. The quantitative estimate of drug-likeness (QED) is 0.136. The molecule has 2 amide bonds. The van der Waals surface area contributed by atoms with Crippen molar-refractivity contribution in [1.82, 2.24) is 25.0 Å². The molecule has 2 heterocycles. The van der Waals surface area contributed by atoms with E-state index in [9.17, 15) is 18.4 Å². The first-order valence-electron chi connectivity index (χ1n) is 15.5. The number of halogens is 3. The molecule has 13 heteroatoms. The van der Waals surface area contributed by atoms with Gasteiger partial charge in [-0.2, -0.15) is 5.10 Å². The summed E-state index contributed by atoms with van der Waals surface area (Å²) in [5.41, 5.74) is 8.09. The van der Waals surface area contributed by atoms with Gasteiger partial charge in [-0.15, -0.1) is 0 Å². The van der Waals surface area contributed by atoms with Crippen LogP contribution in [0.25, 0.3) is 16.9 Å². The lowest BCUT2D eigenvalue weighted by Gasteiger charge is -2.32. The molecule has 0 bridgehead atoms. The molecule has 1 aliphatic rings. The number of nitrogens with one attached hydrogen (secondary N) is 1. The average Bonchev–Trinajstić information content (AvgIpc) is 3.53. The van der Waals surface area contributed by atoms with E-state index in [0.29, 0.717) is 34.5 Å². The van der Waals surface area contributed by atoms with Gasteiger partial charge in [0.2, 0.25) is 0 Å². The van der Waals surface area contributed by atoms with E-state index in [1.807, 2.05) is 45.9 Å². The summed E-state index contributed by atoms with van der Waals surface area (Å²) in [5, 5.41) is 7.64. The zero-order valence-electron chi connectivity index (χ0n) is 27.2. The standard InChI is InChI=1S/C35H38ClF2N7O3/c1-34(2,3)12-14-41-32(39)45(31(46)23-15-25(37)18-26(38)16-23)30(21-48-33(47)43-35(4)10-11-35)22-8-9-27(36)29(17-22)44-20-24(19-42-44)28-7-5-6-13-40-28/h5-9,13,15-20,30H,10-12,14,21H2,1-4H3,(H2,39,41)(H,43,47)/t30-/m1/s1. The maximum absolute atomic E-state index is 14.4. The van der Waals surface area contributed by atoms with Crippen LogP contribution in [0.4, 0.5) is 13.6 Å². The summed E-state index contributed by atoms with van der Waals surface area (Å²) in [5.74, 6) is -2.95. The third-order valence-corrected chi connectivity index (χ3v) is 8.26. The Bertz CT molecular complexity index is 1800. The molecule has 5 rings (SSSR count). The van der Waals surface area contributed by atoms with Crippen LogP contribution in [0.2, 0.25) is 5.02 Å². The number of hydrogen-bond donors (Lipinski definition) is 2. The first-order valence-corrected chi connectivity index (χ1v) is 15.9. The first-order chi connectivity index (χ1) is 22.7. The highest BCUT2D eigenvalue weighted by Gasteiger charge is 2.40. The minimum atomic E-state index is -1.10. The lowest BCUT2D eigenvalue weighted by molar-refractivity contribution is 0.0696. The summed E-state index contributed by atoms with van der Waals surface area (Å²) in [6.45, 7) is 7.90. The van der Waals surface area contributed by atoms with E-state index < -0.39 is 29.7 Å². The van der Waals surface area contributed by atoms with Crippen molar-refractivity contribution in [3.63, 3.8) is 0 Å². The van der Waals surface area contributed by atoms with E-state index in [4.69, 9.17) is 22.1 Å². The third-order valence-electron chi connectivity index (χ3n) is 7.94. The lowest BCUT2D eigenvalue weighted by atomic mass is 9.92. The number of rotatable bonds is 10. The molecule has 48 heavy (non-hydrogen) atoms. The van der Waals surface area contributed by atoms with Crippen LogP contribution < -0.4 is 11.1 Å². The van der Waals surface area contributed by atoms with Gasteiger partial charge in [0.15, 0.2) is 5.96 Å². The summed E-state index contributed by atoms with van der Waals surface area (Å²) in [6, 6.07) is 11.9. The fraction of sp³-hybridized carbons (Fsp3) is 0.343. The van der Waals surface area contributed by atoms with Crippen molar-refractivity contribution < 1.29 is 23.1 Å². The SMILES string of the molecule is CC(C)(C)CCN=C(N)N(C(=O)c1cc(F)cc(F)c1)[C@H](COC(=O)NC1(C)CC1)c1ccc(Cl)c(-n2cc(-c3ccccn3)cn2)c1. The van der Waals surface area contributed by atoms with Crippen molar-refractivity contribution in [2.75, 3.05) is 13.2 Å². The Balaban J connectivity index is 1.58. The molecule has 252 valence electrons. The minimum Gasteiger partial charge on any atom is -0.447 e. The van der Waals surface area contributed by atoms with Crippen LogP contribution in [0.1, 0.15) is 68.9 Å². The average molecular weight is 678 g/mol. The summed E-state index contributed by atoms with van der Waals surface area (Å²) in [7, 11) is 0. The Morgan fingerprint density at radius 1 is 1.15 bits per heavy atom. The van der Waals surface area contributed by atoms with Gasteiger partial charge in [0, 0.05) is 41.7 Å². The van der Waals surface area contributed by atoms with Crippen molar-refractivity contribution in [1.29, 1.82) is 0 Å². The molecule has 1 saturated carbocycles. The number of pyridine rings is 1. The Hall–Kier alpha value is -4.84. The molecular weight excluding hydrogens is 640 g/mol. The van der Waals surface area contributed by atoms with E-state index in [-0.39, 0.29) is 35.6 Å². The van der Waals surface area contributed by atoms with Gasteiger partial charge in [0.05, 0.1) is 28.6 Å². The highest BCUT2D eigenvalue weighted by atomic mass is 35.5. The van der Waals surface area contributed by atoms with Crippen molar-refractivity contribution in [2.45, 2.75) is 58.5 Å². The number of nitrogens with two attached hydrogens (primary N) is 1. The van der Waals surface area contributed by atoms with Gasteiger partial charge in [-0.05, 0) is 73.6 Å². The van der Waals surface area contributed by atoms with Crippen LogP contribution in [0, 0.1) is 17.0 Å². The van der Waals surface area contributed by atoms with E-state index in [1.165, 1.54) is 0 Å². The molecule has 0 unspecified atom stereocenters. The Kier molecular flexibility index (Phi) is 10.1. The molecular formula is C35H38ClF2N7O3. The number of hydrogen-bond acceptors (Lipinski definition) is 6. The molecule has 0 aliphatic heterocycles. The minimum absolute atomic E-state index is 0.0905. The molecule has 3 N–H and O–H groups in total. The van der Waals surface area contributed by atoms with Gasteiger partial charge < -0.3 is 15.8 Å². The predicted molar refractivity (Wildman–Crippen MR) is 180 cm³/mol. The zero-order valence-corrected chi connectivity index (χ0v) is 28.0. The third kappa shape index (κ3) is 8.74.